The van der Waals surface area contributed by atoms with Gasteiger partial charge < -0.3 is 5.32 Å². The molecule has 1 aromatic carbocycles. The van der Waals surface area contributed by atoms with Gasteiger partial charge in [0.05, 0.1) is 0 Å². The van der Waals surface area contributed by atoms with Crippen molar-refractivity contribution in [3.05, 3.63) is 43.0 Å². The molecule has 0 aliphatic carbocycles. The van der Waals surface area contributed by atoms with Crippen LogP contribution in [-0.2, 0) is 0 Å². The molecular formula is C14H21N. The van der Waals surface area contributed by atoms with Crippen LogP contribution in [0.1, 0.15) is 27.2 Å². The molecule has 0 saturated carbocycles. The average molecular weight is 203 g/mol. The minimum absolute atomic E-state index is 0.240. The molecular weight excluding hydrogens is 182 g/mol. The van der Waals surface area contributed by atoms with Crippen molar-refractivity contribution in [2.75, 3.05) is 5.32 Å². The Morgan fingerprint density at radius 3 is 2.33 bits per heavy atom. The van der Waals surface area contributed by atoms with Crippen molar-refractivity contribution >= 4 is 5.69 Å². The fourth-order valence-corrected chi connectivity index (χ4v) is 1.53. The summed E-state index contributed by atoms with van der Waals surface area (Å²) >= 11 is 0. The van der Waals surface area contributed by atoms with E-state index in [1.807, 2.05) is 12.1 Å². The van der Waals surface area contributed by atoms with Gasteiger partial charge in [-0.3, -0.25) is 0 Å². The van der Waals surface area contributed by atoms with Crippen molar-refractivity contribution in [1.29, 1.82) is 0 Å². The fraction of sp³-hybridized carbons (Fsp3) is 0.429. The quantitative estimate of drug-likeness (QED) is 0.727. The van der Waals surface area contributed by atoms with Crippen molar-refractivity contribution in [2.45, 2.75) is 33.2 Å². The molecule has 0 saturated heterocycles. The molecule has 0 aliphatic heterocycles. The van der Waals surface area contributed by atoms with E-state index in [0.29, 0.717) is 6.04 Å². The number of para-hydroxylation sites is 1. The molecule has 1 heteroatoms. The molecule has 1 rings (SSSR count). The van der Waals surface area contributed by atoms with Gasteiger partial charge in [0, 0.05) is 11.7 Å². The molecule has 0 aliphatic rings. The first kappa shape index (κ1) is 11.8. The SMILES string of the molecule is C=CCC(Nc1ccccc1)C(C)(C)C. The maximum atomic E-state index is 3.82. The van der Waals surface area contributed by atoms with Crippen LogP contribution in [0.2, 0.25) is 0 Å². The summed E-state index contributed by atoms with van der Waals surface area (Å²) in [7, 11) is 0. The predicted octanol–water partition coefficient (Wildman–Crippen LogP) is 4.09. The van der Waals surface area contributed by atoms with E-state index in [2.05, 4.69) is 56.9 Å². The molecule has 1 nitrogen and oxygen atoms in total. The summed E-state index contributed by atoms with van der Waals surface area (Å²) in [6.45, 7) is 10.6. The fourth-order valence-electron chi connectivity index (χ4n) is 1.53. The molecule has 1 N–H and O–H groups in total. The van der Waals surface area contributed by atoms with Crippen LogP contribution in [0.4, 0.5) is 5.69 Å². The second-order valence-corrected chi connectivity index (χ2v) is 4.95. The Bertz CT molecular complexity index is 295. The van der Waals surface area contributed by atoms with E-state index in [9.17, 15) is 0 Å². The zero-order valence-electron chi connectivity index (χ0n) is 9.96. The highest BCUT2D eigenvalue weighted by molar-refractivity contribution is 5.43. The Kier molecular flexibility index (Phi) is 3.96. The van der Waals surface area contributed by atoms with E-state index in [4.69, 9.17) is 0 Å². The van der Waals surface area contributed by atoms with E-state index in [1.54, 1.807) is 0 Å². The minimum Gasteiger partial charge on any atom is -0.381 e. The molecule has 1 unspecified atom stereocenters. The van der Waals surface area contributed by atoms with Crippen LogP contribution >= 0.6 is 0 Å². The van der Waals surface area contributed by atoms with Crippen molar-refractivity contribution in [3.63, 3.8) is 0 Å². The summed E-state index contributed by atoms with van der Waals surface area (Å²) in [4.78, 5) is 0. The molecule has 1 atom stereocenters. The van der Waals surface area contributed by atoms with Gasteiger partial charge in [0.15, 0.2) is 0 Å². The number of hydrogen-bond acceptors (Lipinski definition) is 1. The average Bonchev–Trinajstić information content (AvgIpc) is 2.17. The Balaban J connectivity index is 2.71. The molecule has 15 heavy (non-hydrogen) atoms. The van der Waals surface area contributed by atoms with Gasteiger partial charge in [-0.25, -0.2) is 0 Å². The van der Waals surface area contributed by atoms with Crippen LogP contribution < -0.4 is 5.32 Å². The van der Waals surface area contributed by atoms with Crippen molar-refractivity contribution in [2.24, 2.45) is 5.41 Å². The van der Waals surface area contributed by atoms with Gasteiger partial charge in [-0.05, 0) is 24.0 Å². The zero-order chi connectivity index (χ0) is 11.3. The molecule has 0 aromatic heterocycles. The summed E-state index contributed by atoms with van der Waals surface area (Å²) in [6.07, 6.45) is 2.96. The summed E-state index contributed by atoms with van der Waals surface area (Å²) in [5.41, 5.74) is 1.42. The van der Waals surface area contributed by atoms with E-state index < -0.39 is 0 Å². The first-order chi connectivity index (χ1) is 7.04. The van der Waals surface area contributed by atoms with E-state index >= 15 is 0 Å². The van der Waals surface area contributed by atoms with Gasteiger partial charge in [0.25, 0.3) is 0 Å². The Morgan fingerprint density at radius 2 is 1.87 bits per heavy atom. The lowest BCUT2D eigenvalue weighted by molar-refractivity contribution is 0.342. The third kappa shape index (κ3) is 3.78. The largest absolute Gasteiger partial charge is 0.381 e. The molecule has 0 fully saturated rings. The van der Waals surface area contributed by atoms with Crippen LogP contribution in [0.5, 0.6) is 0 Å². The third-order valence-corrected chi connectivity index (χ3v) is 2.56. The maximum absolute atomic E-state index is 3.82. The molecule has 0 spiro atoms. The van der Waals surface area contributed by atoms with Crippen LogP contribution in [-0.4, -0.2) is 6.04 Å². The smallest absolute Gasteiger partial charge is 0.0343 e. The number of benzene rings is 1. The van der Waals surface area contributed by atoms with Gasteiger partial charge in [0.2, 0.25) is 0 Å². The highest BCUT2D eigenvalue weighted by Crippen LogP contribution is 2.25. The maximum Gasteiger partial charge on any atom is 0.0343 e. The van der Waals surface area contributed by atoms with Crippen molar-refractivity contribution in [3.8, 4) is 0 Å². The highest BCUT2D eigenvalue weighted by Gasteiger charge is 2.22. The summed E-state index contributed by atoms with van der Waals surface area (Å²) in [5, 5.41) is 3.55. The summed E-state index contributed by atoms with van der Waals surface area (Å²) in [5.74, 6) is 0. The monoisotopic (exact) mass is 203 g/mol. The first-order valence-corrected chi connectivity index (χ1v) is 5.46. The lowest BCUT2D eigenvalue weighted by Gasteiger charge is -2.31. The van der Waals surface area contributed by atoms with Gasteiger partial charge in [-0.15, -0.1) is 6.58 Å². The zero-order valence-corrected chi connectivity index (χ0v) is 9.96. The molecule has 0 radical (unpaired) electrons. The van der Waals surface area contributed by atoms with Crippen LogP contribution in [0.3, 0.4) is 0 Å². The molecule has 0 bridgehead atoms. The van der Waals surface area contributed by atoms with E-state index in [-0.39, 0.29) is 5.41 Å². The van der Waals surface area contributed by atoms with Crippen LogP contribution in [0, 0.1) is 5.41 Å². The third-order valence-electron chi connectivity index (χ3n) is 2.56. The number of rotatable bonds is 4. The van der Waals surface area contributed by atoms with Gasteiger partial charge >= 0.3 is 0 Å². The molecule has 1 aromatic rings. The Hall–Kier alpha value is -1.24. The minimum atomic E-state index is 0.240. The van der Waals surface area contributed by atoms with Gasteiger partial charge in [-0.2, -0.15) is 0 Å². The molecule has 0 heterocycles. The predicted molar refractivity (Wildman–Crippen MR) is 68.1 cm³/mol. The van der Waals surface area contributed by atoms with Crippen LogP contribution in [0.15, 0.2) is 43.0 Å². The van der Waals surface area contributed by atoms with Crippen LogP contribution in [0.25, 0.3) is 0 Å². The molecule has 0 amide bonds. The lowest BCUT2D eigenvalue weighted by Crippen LogP contribution is -2.33. The topological polar surface area (TPSA) is 12.0 Å². The van der Waals surface area contributed by atoms with Gasteiger partial charge in [0.1, 0.15) is 0 Å². The van der Waals surface area contributed by atoms with Gasteiger partial charge in [-0.1, -0.05) is 45.0 Å². The second-order valence-electron chi connectivity index (χ2n) is 4.95. The van der Waals surface area contributed by atoms with E-state index in [1.165, 1.54) is 5.69 Å². The normalized spacial score (nSPS) is 13.3. The molecule has 82 valence electrons. The highest BCUT2D eigenvalue weighted by atomic mass is 14.9. The Morgan fingerprint density at radius 1 is 1.27 bits per heavy atom. The van der Waals surface area contributed by atoms with E-state index in [0.717, 1.165) is 6.42 Å². The van der Waals surface area contributed by atoms with Crippen molar-refractivity contribution in [1.82, 2.24) is 0 Å². The summed E-state index contributed by atoms with van der Waals surface area (Å²) < 4.78 is 0. The number of nitrogens with one attached hydrogen (secondary N) is 1. The van der Waals surface area contributed by atoms with Crippen molar-refractivity contribution < 1.29 is 0 Å². The summed E-state index contributed by atoms with van der Waals surface area (Å²) in [6, 6.07) is 10.8. The Labute approximate surface area is 93.2 Å². The second kappa shape index (κ2) is 5.01. The number of hydrogen-bond donors (Lipinski definition) is 1. The lowest BCUT2D eigenvalue weighted by atomic mass is 9.84. The number of anilines is 1. The standard InChI is InChI=1S/C14H21N/c1-5-9-13(14(2,3)4)15-12-10-7-6-8-11-12/h5-8,10-11,13,15H,1,9H2,2-4H3. The first-order valence-electron chi connectivity index (χ1n) is 5.46.